The molecule has 5 heteroatoms. The summed E-state index contributed by atoms with van der Waals surface area (Å²) in [5, 5.41) is 9.10. The number of nitrogens with one attached hydrogen (secondary N) is 1. The molecule has 0 spiro atoms. The Balaban J connectivity index is 2.09. The first-order valence-corrected chi connectivity index (χ1v) is 7.55. The van der Waals surface area contributed by atoms with Gasteiger partial charge in [-0.15, -0.1) is 0 Å². The molecule has 1 unspecified atom stereocenters. The van der Waals surface area contributed by atoms with Gasteiger partial charge in [0.2, 0.25) is 0 Å². The van der Waals surface area contributed by atoms with Crippen LogP contribution in [0.1, 0.15) is 12.0 Å². The van der Waals surface area contributed by atoms with E-state index >= 15 is 0 Å². The van der Waals surface area contributed by atoms with Gasteiger partial charge in [-0.25, -0.2) is 0 Å². The predicted molar refractivity (Wildman–Crippen MR) is 77.3 cm³/mol. The third kappa shape index (κ3) is 1.96. The van der Waals surface area contributed by atoms with Gasteiger partial charge in [-0.1, -0.05) is 6.07 Å². The lowest BCUT2D eigenvalue weighted by atomic mass is 10.1. The largest absolute Gasteiger partial charge is 0.329 e. The third-order valence-corrected chi connectivity index (χ3v) is 4.95. The molecule has 1 aliphatic heterocycles. The highest BCUT2D eigenvalue weighted by Gasteiger charge is 2.18. The topological polar surface area (TPSA) is 44.5 Å². The van der Waals surface area contributed by atoms with Gasteiger partial charge in [-0.3, -0.25) is 0 Å². The number of aromatic nitrogens is 2. The molecular formula is C13H13N3S2. The quantitative estimate of drug-likeness (QED) is 0.855. The highest BCUT2D eigenvalue weighted by Crippen LogP contribution is 2.27. The van der Waals surface area contributed by atoms with Crippen LogP contribution < -0.4 is 0 Å². The first-order valence-electron chi connectivity index (χ1n) is 5.99. The van der Waals surface area contributed by atoms with Crippen LogP contribution in [0.4, 0.5) is 0 Å². The highest BCUT2D eigenvalue weighted by atomic mass is 32.2. The maximum absolute atomic E-state index is 9.10. The Hall–Kier alpha value is -1.25. The Morgan fingerprint density at radius 2 is 2.44 bits per heavy atom. The minimum Gasteiger partial charge on any atom is -0.329 e. The van der Waals surface area contributed by atoms with Gasteiger partial charge in [0.25, 0.3) is 0 Å². The second-order valence-electron chi connectivity index (χ2n) is 4.58. The number of imidazole rings is 1. The summed E-state index contributed by atoms with van der Waals surface area (Å²) in [6.45, 7) is 0.959. The van der Waals surface area contributed by atoms with Crippen molar-refractivity contribution in [3.8, 4) is 6.07 Å². The van der Waals surface area contributed by atoms with Gasteiger partial charge in [0.1, 0.15) is 6.07 Å². The molecule has 3 nitrogen and oxygen atoms in total. The van der Waals surface area contributed by atoms with Crippen molar-refractivity contribution in [1.29, 1.82) is 5.26 Å². The smallest absolute Gasteiger partial charge is 0.178 e. The summed E-state index contributed by atoms with van der Waals surface area (Å²) in [7, 11) is 0. The molecular weight excluding hydrogens is 262 g/mol. The Morgan fingerprint density at radius 3 is 3.17 bits per heavy atom. The van der Waals surface area contributed by atoms with E-state index in [2.05, 4.69) is 15.6 Å². The van der Waals surface area contributed by atoms with E-state index in [1.165, 1.54) is 17.9 Å². The molecule has 1 aliphatic rings. The molecule has 0 amide bonds. The van der Waals surface area contributed by atoms with Crippen LogP contribution in [-0.2, 0) is 6.54 Å². The Bertz CT molecular complexity index is 672. The summed E-state index contributed by atoms with van der Waals surface area (Å²) in [6, 6.07) is 7.98. The molecule has 1 N–H and O–H groups in total. The first-order chi connectivity index (χ1) is 8.79. The van der Waals surface area contributed by atoms with E-state index in [1.54, 1.807) is 0 Å². The van der Waals surface area contributed by atoms with Crippen LogP contribution in [0.5, 0.6) is 0 Å². The SMILES string of the molecule is N#Cc1cccc2c1[nH]c(=S)n2CC1CCSC1. The molecule has 1 aromatic carbocycles. The maximum atomic E-state index is 9.10. The normalized spacial score (nSPS) is 19.2. The van der Waals surface area contributed by atoms with E-state index in [1.807, 2.05) is 30.0 Å². The molecule has 2 heterocycles. The van der Waals surface area contributed by atoms with Crippen molar-refractivity contribution in [3.63, 3.8) is 0 Å². The van der Waals surface area contributed by atoms with Crippen molar-refractivity contribution < 1.29 is 0 Å². The number of thioether (sulfide) groups is 1. The molecule has 2 aromatic rings. The fourth-order valence-corrected chi connectivity index (χ4v) is 3.99. The maximum Gasteiger partial charge on any atom is 0.178 e. The van der Waals surface area contributed by atoms with Crippen molar-refractivity contribution >= 4 is 35.0 Å². The molecule has 3 rings (SSSR count). The fourth-order valence-electron chi connectivity index (χ4n) is 2.44. The lowest BCUT2D eigenvalue weighted by Crippen LogP contribution is -2.09. The highest BCUT2D eigenvalue weighted by molar-refractivity contribution is 7.99. The van der Waals surface area contributed by atoms with E-state index < -0.39 is 0 Å². The van der Waals surface area contributed by atoms with E-state index in [-0.39, 0.29) is 0 Å². The van der Waals surface area contributed by atoms with Crippen molar-refractivity contribution in [2.45, 2.75) is 13.0 Å². The molecule has 0 radical (unpaired) electrons. The van der Waals surface area contributed by atoms with Gasteiger partial charge in [0.15, 0.2) is 4.77 Å². The lowest BCUT2D eigenvalue weighted by Gasteiger charge is -2.10. The van der Waals surface area contributed by atoms with Gasteiger partial charge in [0, 0.05) is 6.54 Å². The average molecular weight is 275 g/mol. The number of benzene rings is 1. The second-order valence-corrected chi connectivity index (χ2v) is 6.12. The molecule has 0 bridgehead atoms. The number of para-hydroxylation sites is 1. The summed E-state index contributed by atoms with van der Waals surface area (Å²) in [6.07, 6.45) is 1.26. The third-order valence-electron chi connectivity index (χ3n) is 3.40. The van der Waals surface area contributed by atoms with Crippen LogP contribution in [0.15, 0.2) is 18.2 Å². The van der Waals surface area contributed by atoms with Gasteiger partial charge in [-0.2, -0.15) is 17.0 Å². The summed E-state index contributed by atoms with van der Waals surface area (Å²) >= 11 is 7.40. The van der Waals surface area contributed by atoms with E-state index in [4.69, 9.17) is 17.5 Å². The number of hydrogen-bond donors (Lipinski definition) is 1. The summed E-state index contributed by atoms with van der Waals surface area (Å²) in [4.78, 5) is 3.17. The summed E-state index contributed by atoms with van der Waals surface area (Å²) in [5.41, 5.74) is 2.59. The zero-order valence-corrected chi connectivity index (χ0v) is 11.5. The number of nitriles is 1. The fraction of sp³-hybridized carbons (Fsp3) is 0.385. The van der Waals surface area contributed by atoms with Crippen LogP contribution in [0, 0.1) is 22.0 Å². The zero-order valence-electron chi connectivity index (χ0n) is 9.85. The van der Waals surface area contributed by atoms with Gasteiger partial charge < -0.3 is 9.55 Å². The minimum atomic E-state index is 0.665. The second kappa shape index (κ2) is 4.79. The van der Waals surface area contributed by atoms with Crippen LogP contribution in [-0.4, -0.2) is 21.1 Å². The van der Waals surface area contributed by atoms with Crippen molar-refractivity contribution in [2.24, 2.45) is 5.92 Å². The van der Waals surface area contributed by atoms with Gasteiger partial charge in [0.05, 0.1) is 16.6 Å². The number of hydrogen-bond acceptors (Lipinski definition) is 3. The van der Waals surface area contributed by atoms with Crippen LogP contribution in [0.3, 0.4) is 0 Å². The van der Waals surface area contributed by atoms with Crippen molar-refractivity contribution in [3.05, 3.63) is 28.5 Å². The standard InChI is InChI=1S/C13H13N3S2/c14-6-10-2-1-3-11-12(10)15-13(17)16(11)7-9-4-5-18-8-9/h1-3,9H,4-5,7-8H2,(H,15,17). The molecule has 0 saturated carbocycles. The molecule has 1 saturated heterocycles. The summed E-state index contributed by atoms with van der Waals surface area (Å²) < 4.78 is 2.87. The van der Waals surface area contributed by atoms with Gasteiger partial charge >= 0.3 is 0 Å². The van der Waals surface area contributed by atoms with Crippen LogP contribution in [0.25, 0.3) is 11.0 Å². The van der Waals surface area contributed by atoms with Gasteiger partial charge in [-0.05, 0) is 48.2 Å². The molecule has 1 atom stereocenters. The van der Waals surface area contributed by atoms with E-state index in [9.17, 15) is 0 Å². The predicted octanol–water partition coefficient (Wildman–Crippen LogP) is 3.32. The van der Waals surface area contributed by atoms with E-state index in [0.717, 1.165) is 22.3 Å². The Kier molecular flexibility index (Phi) is 3.14. The molecule has 0 aliphatic carbocycles. The van der Waals surface area contributed by atoms with Crippen LogP contribution >= 0.6 is 24.0 Å². The summed E-state index contributed by atoms with van der Waals surface area (Å²) in [5.74, 6) is 3.17. The lowest BCUT2D eigenvalue weighted by molar-refractivity contribution is 0.497. The van der Waals surface area contributed by atoms with E-state index in [0.29, 0.717) is 11.5 Å². The minimum absolute atomic E-state index is 0.665. The number of nitrogens with zero attached hydrogens (tertiary/aromatic N) is 2. The first kappa shape index (κ1) is 11.8. The Labute approximate surface area is 115 Å². The van der Waals surface area contributed by atoms with Crippen LogP contribution in [0.2, 0.25) is 0 Å². The van der Waals surface area contributed by atoms with Crippen molar-refractivity contribution in [2.75, 3.05) is 11.5 Å². The number of H-pyrrole nitrogens is 1. The number of aromatic amines is 1. The van der Waals surface area contributed by atoms with Crippen molar-refractivity contribution in [1.82, 2.24) is 9.55 Å². The molecule has 18 heavy (non-hydrogen) atoms. The number of rotatable bonds is 2. The molecule has 1 aromatic heterocycles. The molecule has 1 fully saturated rings. The zero-order chi connectivity index (χ0) is 12.5. The monoisotopic (exact) mass is 275 g/mol. The average Bonchev–Trinajstić information content (AvgIpc) is 2.99. The number of fused-ring (bicyclic) bond motifs is 1. The Morgan fingerprint density at radius 1 is 1.56 bits per heavy atom. The molecule has 92 valence electrons.